The molecule has 1 aromatic rings. The molecule has 110 valence electrons. The molecule has 1 saturated heterocycles. The minimum atomic E-state index is -0.313. The molecule has 2 rings (SSSR count). The molecule has 0 radical (unpaired) electrons. The average Bonchev–Trinajstić information content (AvgIpc) is 2.49. The number of amides is 3. The second-order valence-corrected chi connectivity index (χ2v) is 4.97. The Morgan fingerprint density at radius 3 is 2.81 bits per heavy atom. The summed E-state index contributed by atoms with van der Waals surface area (Å²) in [4.78, 5) is 27.2. The van der Waals surface area contributed by atoms with E-state index >= 15 is 0 Å². The van der Waals surface area contributed by atoms with Crippen molar-refractivity contribution >= 4 is 17.6 Å². The molecule has 21 heavy (non-hydrogen) atoms. The summed E-state index contributed by atoms with van der Waals surface area (Å²) in [5.74, 6) is -0.0412. The van der Waals surface area contributed by atoms with Gasteiger partial charge in [-0.3, -0.25) is 4.79 Å². The van der Waals surface area contributed by atoms with Crippen LogP contribution in [-0.4, -0.2) is 47.9 Å². The highest BCUT2D eigenvalue weighted by atomic mass is 16.2. The maximum absolute atomic E-state index is 12.2. The van der Waals surface area contributed by atoms with Crippen LogP contribution in [0.15, 0.2) is 18.2 Å². The third kappa shape index (κ3) is 3.31. The van der Waals surface area contributed by atoms with Crippen molar-refractivity contribution in [3.05, 3.63) is 29.3 Å². The van der Waals surface area contributed by atoms with Gasteiger partial charge in [0.1, 0.15) is 6.54 Å². The van der Waals surface area contributed by atoms with Gasteiger partial charge in [0.05, 0.1) is 11.6 Å². The Labute approximate surface area is 123 Å². The van der Waals surface area contributed by atoms with Gasteiger partial charge in [-0.05, 0) is 31.5 Å². The van der Waals surface area contributed by atoms with Gasteiger partial charge in [0.25, 0.3) is 0 Å². The largest absolute Gasteiger partial charge is 0.340 e. The molecular weight excluding hydrogens is 268 g/mol. The lowest BCUT2D eigenvalue weighted by atomic mass is 10.1. The van der Waals surface area contributed by atoms with E-state index in [2.05, 4.69) is 11.4 Å². The molecule has 1 heterocycles. The Hall–Kier alpha value is -2.55. The lowest BCUT2D eigenvalue weighted by Crippen LogP contribution is -2.53. The van der Waals surface area contributed by atoms with Crippen LogP contribution in [0.1, 0.15) is 18.1 Å². The normalized spacial score (nSPS) is 14.8. The second kappa shape index (κ2) is 6.27. The van der Waals surface area contributed by atoms with Crippen molar-refractivity contribution < 1.29 is 9.59 Å². The van der Waals surface area contributed by atoms with Crippen molar-refractivity contribution in [1.29, 1.82) is 5.26 Å². The molecule has 0 atom stereocenters. The van der Waals surface area contributed by atoms with Gasteiger partial charge in [0, 0.05) is 25.3 Å². The standard InChI is InChI=1S/C15H18N4O2/c1-3-18-6-7-19(10-14(18)20)15(21)17-13-5-4-11(2)12(8-13)9-16/h4-5,8H,3,6-7,10H2,1-2H3,(H,17,21). The number of nitrogens with one attached hydrogen (secondary N) is 1. The fourth-order valence-electron chi connectivity index (χ4n) is 2.24. The molecule has 1 aromatic carbocycles. The lowest BCUT2D eigenvalue weighted by molar-refractivity contribution is -0.134. The number of piperazine rings is 1. The Balaban J connectivity index is 2.02. The van der Waals surface area contributed by atoms with Crippen LogP contribution in [-0.2, 0) is 4.79 Å². The van der Waals surface area contributed by atoms with E-state index in [0.717, 1.165) is 5.56 Å². The third-order valence-corrected chi connectivity index (χ3v) is 3.60. The van der Waals surface area contributed by atoms with Crippen LogP contribution in [0.25, 0.3) is 0 Å². The maximum Gasteiger partial charge on any atom is 0.322 e. The first kappa shape index (κ1) is 14.9. The van der Waals surface area contributed by atoms with Crippen LogP contribution in [0.5, 0.6) is 0 Å². The molecule has 0 saturated carbocycles. The Bertz CT molecular complexity index is 606. The zero-order valence-electron chi connectivity index (χ0n) is 12.2. The van der Waals surface area contributed by atoms with E-state index < -0.39 is 0 Å². The van der Waals surface area contributed by atoms with Gasteiger partial charge < -0.3 is 15.1 Å². The fourth-order valence-corrected chi connectivity index (χ4v) is 2.24. The summed E-state index contributed by atoms with van der Waals surface area (Å²) in [6, 6.07) is 6.94. The van der Waals surface area contributed by atoms with E-state index in [9.17, 15) is 9.59 Å². The van der Waals surface area contributed by atoms with Crippen LogP contribution >= 0.6 is 0 Å². The molecule has 0 aliphatic carbocycles. The number of carbonyl (C=O) groups excluding carboxylic acids is 2. The number of nitriles is 1. The van der Waals surface area contributed by atoms with Crippen LogP contribution in [0.4, 0.5) is 10.5 Å². The molecule has 1 fully saturated rings. The quantitative estimate of drug-likeness (QED) is 0.896. The molecular formula is C15H18N4O2. The number of aryl methyl sites for hydroxylation is 1. The van der Waals surface area contributed by atoms with Crippen molar-refractivity contribution in [2.75, 3.05) is 31.5 Å². The monoisotopic (exact) mass is 286 g/mol. The van der Waals surface area contributed by atoms with Gasteiger partial charge in [-0.15, -0.1) is 0 Å². The number of benzene rings is 1. The number of hydrogen-bond acceptors (Lipinski definition) is 3. The minimum Gasteiger partial charge on any atom is -0.340 e. The number of nitrogens with zero attached hydrogens (tertiary/aromatic N) is 3. The highest BCUT2D eigenvalue weighted by Crippen LogP contribution is 2.15. The smallest absolute Gasteiger partial charge is 0.322 e. The van der Waals surface area contributed by atoms with Crippen LogP contribution in [0.3, 0.4) is 0 Å². The molecule has 0 spiro atoms. The van der Waals surface area contributed by atoms with Crippen molar-refractivity contribution in [1.82, 2.24) is 9.80 Å². The average molecular weight is 286 g/mol. The Morgan fingerprint density at radius 2 is 2.19 bits per heavy atom. The van der Waals surface area contributed by atoms with Crippen molar-refractivity contribution in [3.63, 3.8) is 0 Å². The lowest BCUT2D eigenvalue weighted by Gasteiger charge is -2.33. The maximum atomic E-state index is 12.2. The molecule has 1 N–H and O–H groups in total. The first-order valence-electron chi connectivity index (χ1n) is 6.89. The first-order chi connectivity index (χ1) is 10.0. The van der Waals surface area contributed by atoms with Gasteiger partial charge in [0.15, 0.2) is 0 Å². The van der Waals surface area contributed by atoms with E-state index in [-0.39, 0.29) is 18.5 Å². The first-order valence-corrected chi connectivity index (χ1v) is 6.89. The summed E-state index contributed by atoms with van der Waals surface area (Å²) in [5.41, 5.74) is 1.95. The Kier molecular flexibility index (Phi) is 4.43. The van der Waals surface area contributed by atoms with E-state index in [1.165, 1.54) is 4.90 Å². The predicted octanol–water partition coefficient (Wildman–Crippen LogP) is 1.56. The van der Waals surface area contributed by atoms with Crippen LogP contribution < -0.4 is 5.32 Å². The summed E-state index contributed by atoms with van der Waals surface area (Å²) in [7, 11) is 0. The van der Waals surface area contributed by atoms with Gasteiger partial charge in [-0.1, -0.05) is 6.07 Å². The molecule has 6 nitrogen and oxygen atoms in total. The molecule has 6 heteroatoms. The zero-order valence-corrected chi connectivity index (χ0v) is 12.2. The molecule has 1 aliphatic heterocycles. The number of hydrogen-bond donors (Lipinski definition) is 1. The van der Waals surface area contributed by atoms with E-state index in [1.54, 1.807) is 23.1 Å². The molecule has 3 amide bonds. The molecule has 0 unspecified atom stereocenters. The summed E-state index contributed by atoms with van der Waals surface area (Å²) >= 11 is 0. The van der Waals surface area contributed by atoms with Gasteiger partial charge in [-0.25, -0.2) is 4.79 Å². The number of carbonyl (C=O) groups is 2. The van der Waals surface area contributed by atoms with Crippen molar-refractivity contribution in [2.45, 2.75) is 13.8 Å². The third-order valence-electron chi connectivity index (χ3n) is 3.60. The number of rotatable bonds is 2. The zero-order chi connectivity index (χ0) is 15.4. The highest BCUT2D eigenvalue weighted by Gasteiger charge is 2.26. The van der Waals surface area contributed by atoms with Gasteiger partial charge in [0.2, 0.25) is 5.91 Å². The van der Waals surface area contributed by atoms with Crippen molar-refractivity contribution in [3.8, 4) is 6.07 Å². The van der Waals surface area contributed by atoms with Gasteiger partial charge in [-0.2, -0.15) is 5.26 Å². The number of anilines is 1. The predicted molar refractivity (Wildman–Crippen MR) is 78.7 cm³/mol. The van der Waals surface area contributed by atoms with Gasteiger partial charge >= 0.3 is 6.03 Å². The van der Waals surface area contributed by atoms with Crippen molar-refractivity contribution in [2.24, 2.45) is 0 Å². The molecule has 0 aromatic heterocycles. The summed E-state index contributed by atoms with van der Waals surface area (Å²) in [5, 5.41) is 11.7. The fraction of sp³-hybridized carbons (Fsp3) is 0.400. The summed E-state index contributed by atoms with van der Waals surface area (Å²) < 4.78 is 0. The van der Waals surface area contributed by atoms with E-state index in [4.69, 9.17) is 5.26 Å². The topological polar surface area (TPSA) is 76.4 Å². The summed E-state index contributed by atoms with van der Waals surface area (Å²) in [6.07, 6.45) is 0. The molecule has 1 aliphatic rings. The number of urea groups is 1. The van der Waals surface area contributed by atoms with Crippen LogP contribution in [0.2, 0.25) is 0 Å². The second-order valence-electron chi connectivity index (χ2n) is 4.97. The van der Waals surface area contributed by atoms with Crippen LogP contribution in [0, 0.1) is 18.3 Å². The minimum absolute atomic E-state index is 0.0412. The van der Waals surface area contributed by atoms with E-state index in [1.807, 2.05) is 13.8 Å². The molecule has 0 bridgehead atoms. The highest BCUT2D eigenvalue weighted by molar-refractivity contribution is 5.93. The number of likely N-dealkylation sites (N-methyl/N-ethyl adjacent to an activating group) is 1. The SMILES string of the molecule is CCN1CCN(C(=O)Nc2ccc(C)c(C#N)c2)CC1=O. The Morgan fingerprint density at radius 1 is 1.43 bits per heavy atom. The summed E-state index contributed by atoms with van der Waals surface area (Å²) in [6.45, 7) is 5.59. The van der Waals surface area contributed by atoms with E-state index in [0.29, 0.717) is 30.9 Å².